The maximum atomic E-state index is 13.5. The van der Waals surface area contributed by atoms with Crippen molar-refractivity contribution in [3.05, 3.63) is 53.8 Å². The van der Waals surface area contributed by atoms with E-state index in [4.69, 9.17) is 14.3 Å². The number of rotatable bonds is 4. The molecule has 0 spiro atoms. The van der Waals surface area contributed by atoms with E-state index < -0.39 is 29.7 Å². The number of halogens is 1. The summed E-state index contributed by atoms with van der Waals surface area (Å²) in [6, 6.07) is 10.3. The zero-order valence-electron chi connectivity index (χ0n) is 14.5. The number of hydrogen-bond donors (Lipinski definition) is 0. The molecule has 2 atom stereocenters. The number of methoxy groups -OCH3 is 2. The first-order valence-electron chi connectivity index (χ1n) is 8.14. The van der Waals surface area contributed by atoms with Gasteiger partial charge in [0, 0.05) is 5.56 Å². The summed E-state index contributed by atoms with van der Waals surface area (Å²) in [5.41, 5.74) is 1.05. The number of ether oxygens (including phenoxy) is 2. The van der Waals surface area contributed by atoms with Crippen LogP contribution in [0.5, 0.6) is 11.5 Å². The molecular formula is C19H15FN2O5. The smallest absolute Gasteiger partial charge is 0.278 e. The summed E-state index contributed by atoms with van der Waals surface area (Å²) >= 11 is 0. The number of carbonyl (C=O) groups is 2. The van der Waals surface area contributed by atoms with Crippen molar-refractivity contribution in [2.45, 2.75) is 6.10 Å². The monoisotopic (exact) mass is 370 g/mol. The van der Waals surface area contributed by atoms with E-state index in [0.29, 0.717) is 22.8 Å². The molecule has 2 aromatic rings. The molecule has 0 radical (unpaired) electrons. The molecule has 0 bridgehead atoms. The molecule has 0 saturated carbocycles. The van der Waals surface area contributed by atoms with Crippen LogP contribution in [-0.2, 0) is 14.4 Å². The van der Waals surface area contributed by atoms with Crippen LogP contribution in [-0.4, -0.2) is 37.8 Å². The lowest BCUT2D eigenvalue weighted by Gasteiger charge is -2.15. The van der Waals surface area contributed by atoms with Gasteiger partial charge in [0.1, 0.15) is 17.4 Å². The fourth-order valence-electron chi connectivity index (χ4n) is 3.28. The molecule has 0 unspecified atom stereocenters. The maximum absolute atomic E-state index is 13.5. The Hall–Kier alpha value is -3.42. The van der Waals surface area contributed by atoms with Gasteiger partial charge in [-0.2, -0.15) is 0 Å². The Bertz CT molecular complexity index is 974. The van der Waals surface area contributed by atoms with Crippen LogP contribution >= 0.6 is 0 Å². The third-order valence-electron chi connectivity index (χ3n) is 4.56. The molecule has 2 aliphatic rings. The molecule has 2 heterocycles. The summed E-state index contributed by atoms with van der Waals surface area (Å²) in [7, 11) is 3.01. The van der Waals surface area contributed by atoms with Crippen molar-refractivity contribution < 1.29 is 28.3 Å². The second-order valence-corrected chi connectivity index (χ2v) is 6.04. The molecule has 1 fully saturated rings. The molecular weight excluding hydrogens is 355 g/mol. The summed E-state index contributed by atoms with van der Waals surface area (Å²) in [5, 5.41) is 3.95. The van der Waals surface area contributed by atoms with Gasteiger partial charge in [-0.25, -0.2) is 9.29 Å². The Morgan fingerprint density at radius 1 is 1.04 bits per heavy atom. The van der Waals surface area contributed by atoms with Crippen LogP contribution in [0.15, 0.2) is 47.6 Å². The van der Waals surface area contributed by atoms with Gasteiger partial charge in [-0.15, -0.1) is 0 Å². The number of fused-ring (bicyclic) bond motifs is 1. The summed E-state index contributed by atoms with van der Waals surface area (Å²) in [6.45, 7) is 0. The average molecular weight is 370 g/mol. The van der Waals surface area contributed by atoms with Crippen molar-refractivity contribution in [2.75, 3.05) is 19.1 Å². The first-order chi connectivity index (χ1) is 13.0. The molecule has 2 amide bonds. The Morgan fingerprint density at radius 2 is 1.81 bits per heavy atom. The van der Waals surface area contributed by atoms with E-state index in [-0.39, 0.29) is 5.69 Å². The minimum Gasteiger partial charge on any atom is -0.493 e. The van der Waals surface area contributed by atoms with Crippen molar-refractivity contribution in [3.8, 4) is 11.5 Å². The third-order valence-corrected chi connectivity index (χ3v) is 4.56. The number of benzene rings is 2. The molecule has 1 saturated heterocycles. The number of nitrogens with zero attached hydrogens (tertiary/aromatic N) is 2. The van der Waals surface area contributed by atoms with Gasteiger partial charge in [-0.1, -0.05) is 11.2 Å². The van der Waals surface area contributed by atoms with Crippen molar-refractivity contribution >= 4 is 23.2 Å². The Kier molecular flexibility index (Phi) is 4.02. The number of imide groups is 1. The van der Waals surface area contributed by atoms with Crippen molar-refractivity contribution in [1.29, 1.82) is 0 Å². The van der Waals surface area contributed by atoms with E-state index in [1.807, 2.05) is 0 Å². The SMILES string of the molecule is COc1ccc(C2=NO[C@@H]3C(=O)N(c4cccc(F)c4)C(=O)[C@@H]23)cc1OC. The molecule has 2 aromatic carbocycles. The summed E-state index contributed by atoms with van der Waals surface area (Å²) in [5.74, 6) is -1.55. The molecule has 2 aliphatic heterocycles. The molecule has 8 heteroatoms. The molecule has 7 nitrogen and oxygen atoms in total. The van der Waals surface area contributed by atoms with Crippen LogP contribution in [0.2, 0.25) is 0 Å². The lowest BCUT2D eigenvalue weighted by atomic mass is 9.94. The van der Waals surface area contributed by atoms with Gasteiger partial charge < -0.3 is 14.3 Å². The predicted molar refractivity (Wildman–Crippen MR) is 93.3 cm³/mol. The lowest BCUT2D eigenvalue weighted by molar-refractivity contribution is -0.126. The lowest BCUT2D eigenvalue weighted by Crippen LogP contribution is -2.33. The van der Waals surface area contributed by atoms with Gasteiger partial charge in [0.05, 0.1) is 19.9 Å². The van der Waals surface area contributed by atoms with E-state index in [2.05, 4.69) is 5.16 Å². The molecule has 0 aromatic heterocycles. The van der Waals surface area contributed by atoms with Crippen molar-refractivity contribution in [2.24, 2.45) is 11.1 Å². The highest BCUT2D eigenvalue weighted by Gasteiger charge is 2.56. The molecule has 0 aliphatic carbocycles. The second-order valence-electron chi connectivity index (χ2n) is 6.04. The number of carbonyl (C=O) groups excluding carboxylic acids is 2. The highest BCUT2D eigenvalue weighted by Crippen LogP contribution is 2.37. The van der Waals surface area contributed by atoms with E-state index in [1.54, 1.807) is 18.2 Å². The Balaban J connectivity index is 1.70. The average Bonchev–Trinajstić information content (AvgIpc) is 3.21. The van der Waals surface area contributed by atoms with E-state index in [1.165, 1.54) is 32.4 Å². The Labute approximate surface area is 153 Å². The van der Waals surface area contributed by atoms with Crippen LogP contribution < -0.4 is 14.4 Å². The van der Waals surface area contributed by atoms with Crippen LogP contribution in [0.1, 0.15) is 5.56 Å². The largest absolute Gasteiger partial charge is 0.493 e. The normalized spacial score (nSPS) is 21.0. The summed E-state index contributed by atoms with van der Waals surface area (Å²) in [6.07, 6.45) is -1.07. The predicted octanol–water partition coefficient (Wildman–Crippen LogP) is 2.14. The first-order valence-corrected chi connectivity index (χ1v) is 8.14. The van der Waals surface area contributed by atoms with Crippen LogP contribution in [0, 0.1) is 11.7 Å². The zero-order chi connectivity index (χ0) is 19.1. The minimum atomic E-state index is -1.07. The van der Waals surface area contributed by atoms with Crippen LogP contribution in [0.3, 0.4) is 0 Å². The highest BCUT2D eigenvalue weighted by atomic mass is 19.1. The number of anilines is 1. The number of oxime groups is 1. The van der Waals surface area contributed by atoms with Gasteiger partial charge in [0.15, 0.2) is 11.5 Å². The highest BCUT2D eigenvalue weighted by molar-refractivity contribution is 6.32. The van der Waals surface area contributed by atoms with Crippen molar-refractivity contribution in [3.63, 3.8) is 0 Å². The van der Waals surface area contributed by atoms with Crippen LogP contribution in [0.25, 0.3) is 0 Å². The zero-order valence-corrected chi connectivity index (χ0v) is 14.5. The fourth-order valence-corrected chi connectivity index (χ4v) is 3.28. The molecule has 4 rings (SSSR count). The van der Waals surface area contributed by atoms with E-state index in [9.17, 15) is 14.0 Å². The summed E-state index contributed by atoms with van der Waals surface area (Å²) in [4.78, 5) is 31.8. The van der Waals surface area contributed by atoms with Gasteiger partial charge in [0.25, 0.3) is 5.91 Å². The summed E-state index contributed by atoms with van der Waals surface area (Å²) < 4.78 is 24.0. The first kappa shape index (κ1) is 17.0. The number of hydrogen-bond acceptors (Lipinski definition) is 6. The van der Waals surface area contributed by atoms with Gasteiger partial charge >= 0.3 is 0 Å². The molecule has 27 heavy (non-hydrogen) atoms. The minimum absolute atomic E-state index is 0.162. The Morgan fingerprint density at radius 3 is 2.52 bits per heavy atom. The standard InChI is InChI=1S/C19H15FN2O5/c1-25-13-7-6-10(8-14(13)26-2)16-15-17(27-21-16)19(24)22(18(15)23)12-5-3-4-11(20)9-12/h3-9,15,17H,1-2H3/t15-,17-/m0/s1. The van der Waals surface area contributed by atoms with Gasteiger partial charge in [0.2, 0.25) is 12.0 Å². The maximum Gasteiger partial charge on any atom is 0.278 e. The van der Waals surface area contributed by atoms with Crippen molar-refractivity contribution in [1.82, 2.24) is 0 Å². The van der Waals surface area contributed by atoms with Gasteiger partial charge in [-0.3, -0.25) is 9.59 Å². The molecule has 138 valence electrons. The van der Waals surface area contributed by atoms with E-state index in [0.717, 1.165) is 11.0 Å². The fraction of sp³-hybridized carbons (Fsp3) is 0.211. The molecule has 0 N–H and O–H groups in total. The number of amides is 2. The third kappa shape index (κ3) is 2.61. The quantitative estimate of drug-likeness (QED) is 0.771. The van der Waals surface area contributed by atoms with Gasteiger partial charge in [-0.05, 0) is 36.4 Å². The topological polar surface area (TPSA) is 77.4 Å². The van der Waals surface area contributed by atoms with Crippen LogP contribution in [0.4, 0.5) is 10.1 Å². The van der Waals surface area contributed by atoms with E-state index >= 15 is 0 Å². The second kappa shape index (κ2) is 6.39.